The predicted molar refractivity (Wildman–Crippen MR) is 86.6 cm³/mol. The fourth-order valence-corrected chi connectivity index (χ4v) is 2.32. The first kappa shape index (κ1) is 14.5. The Balaban J connectivity index is 1.95. The highest BCUT2D eigenvalue weighted by Crippen LogP contribution is 2.28. The minimum absolute atomic E-state index is 0.296. The Morgan fingerprint density at radius 1 is 1.18 bits per heavy atom. The highest BCUT2D eigenvalue weighted by molar-refractivity contribution is 9.10. The van der Waals surface area contributed by atoms with Gasteiger partial charge in [0.15, 0.2) is 5.76 Å². The smallest absolute Gasteiger partial charge is 0.262 e. The van der Waals surface area contributed by atoms with Crippen molar-refractivity contribution in [1.82, 2.24) is 10.1 Å². The first-order valence-electron chi connectivity index (χ1n) is 6.60. The van der Waals surface area contributed by atoms with Crippen LogP contribution in [-0.2, 0) is 0 Å². The van der Waals surface area contributed by atoms with Gasteiger partial charge in [-0.15, -0.1) is 0 Å². The Morgan fingerprint density at radius 2 is 1.95 bits per heavy atom. The molecule has 1 N–H and O–H groups in total. The van der Waals surface area contributed by atoms with Crippen molar-refractivity contribution in [3.8, 4) is 11.3 Å². The first-order chi connectivity index (χ1) is 10.6. The number of hydrogen-bond donors (Lipinski definition) is 1. The minimum Gasteiger partial charge on any atom is -0.355 e. The van der Waals surface area contributed by atoms with Gasteiger partial charge in [0.25, 0.3) is 5.91 Å². The van der Waals surface area contributed by atoms with Crippen molar-refractivity contribution in [3.63, 3.8) is 0 Å². The molecule has 110 valence electrons. The Kier molecular flexibility index (Phi) is 4.02. The Labute approximate surface area is 135 Å². The number of halogens is 1. The zero-order valence-electron chi connectivity index (χ0n) is 11.7. The highest BCUT2D eigenvalue weighted by atomic mass is 79.9. The van der Waals surface area contributed by atoms with Crippen molar-refractivity contribution in [3.05, 3.63) is 64.4 Å². The molecule has 0 saturated heterocycles. The van der Waals surface area contributed by atoms with Crippen molar-refractivity contribution in [2.75, 3.05) is 5.32 Å². The van der Waals surface area contributed by atoms with E-state index < -0.39 is 0 Å². The van der Waals surface area contributed by atoms with Crippen molar-refractivity contribution >= 4 is 27.7 Å². The van der Waals surface area contributed by atoms with Gasteiger partial charge >= 0.3 is 0 Å². The number of aryl methyl sites for hydroxylation is 1. The highest BCUT2D eigenvalue weighted by Gasteiger charge is 2.22. The summed E-state index contributed by atoms with van der Waals surface area (Å²) in [6, 6.07) is 12.8. The fraction of sp³-hybridized carbons (Fsp3) is 0.0625. The normalized spacial score (nSPS) is 10.5. The molecule has 1 amide bonds. The van der Waals surface area contributed by atoms with Gasteiger partial charge in [0.2, 0.25) is 0 Å². The standard InChI is InChI=1S/C16H12BrN3O2/c1-10-14(16(21)19-13-4-2-3-9-18-13)15(22-20-10)11-5-7-12(17)8-6-11/h2-9H,1H3,(H,18,19,21). The second kappa shape index (κ2) is 6.11. The lowest BCUT2D eigenvalue weighted by atomic mass is 10.1. The number of rotatable bonds is 3. The summed E-state index contributed by atoms with van der Waals surface area (Å²) in [6.07, 6.45) is 1.62. The number of nitrogens with one attached hydrogen (secondary N) is 1. The number of nitrogens with zero attached hydrogens (tertiary/aromatic N) is 2. The summed E-state index contributed by atoms with van der Waals surface area (Å²) in [6.45, 7) is 1.74. The first-order valence-corrected chi connectivity index (χ1v) is 7.39. The summed E-state index contributed by atoms with van der Waals surface area (Å²) in [7, 11) is 0. The molecular formula is C16H12BrN3O2. The van der Waals surface area contributed by atoms with Crippen LogP contribution < -0.4 is 5.32 Å². The van der Waals surface area contributed by atoms with Gasteiger partial charge in [-0.05, 0) is 43.3 Å². The maximum atomic E-state index is 12.5. The van der Waals surface area contributed by atoms with Crippen LogP contribution in [0, 0.1) is 6.92 Å². The molecule has 0 aliphatic carbocycles. The van der Waals surface area contributed by atoms with Crippen LogP contribution in [0.1, 0.15) is 16.1 Å². The van der Waals surface area contributed by atoms with Crippen LogP contribution in [-0.4, -0.2) is 16.0 Å². The van der Waals surface area contributed by atoms with E-state index in [1.807, 2.05) is 24.3 Å². The molecule has 0 aliphatic rings. The van der Waals surface area contributed by atoms with Gasteiger partial charge in [-0.1, -0.05) is 27.2 Å². The van der Waals surface area contributed by atoms with Crippen LogP contribution in [0.5, 0.6) is 0 Å². The largest absolute Gasteiger partial charge is 0.355 e. The average molecular weight is 358 g/mol. The summed E-state index contributed by atoms with van der Waals surface area (Å²) < 4.78 is 6.28. The van der Waals surface area contributed by atoms with E-state index in [0.717, 1.165) is 10.0 Å². The van der Waals surface area contributed by atoms with Gasteiger partial charge in [-0.2, -0.15) is 0 Å². The van der Waals surface area contributed by atoms with E-state index in [1.54, 1.807) is 31.3 Å². The summed E-state index contributed by atoms with van der Waals surface area (Å²) in [4.78, 5) is 16.6. The monoisotopic (exact) mass is 357 g/mol. The molecule has 2 heterocycles. The topological polar surface area (TPSA) is 68.0 Å². The van der Waals surface area contributed by atoms with E-state index in [4.69, 9.17) is 4.52 Å². The van der Waals surface area contributed by atoms with E-state index in [-0.39, 0.29) is 5.91 Å². The fourth-order valence-electron chi connectivity index (χ4n) is 2.05. The molecule has 0 atom stereocenters. The van der Waals surface area contributed by atoms with E-state index in [9.17, 15) is 4.79 Å². The summed E-state index contributed by atoms with van der Waals surface area (Å²) >= 11 is 3.38. The van der Waals surface area contributed by atoms with Crippen molar-refractivity contribution in [1.29, 1.82) is 0 Å². The van der Waals surface area contributed by atoms with E-state index >= 15 is 0 Å². The molecule has 6 heteroatoms. The molecule has 0 unspecified atom stereocenters. The molecule has 0 saturated carbocycles. The number of amides is 1. The molecule has 5 nitrogen and oxygen atoms in total. The number of hydrogen-bond acceptors (Lipinski definition) is 4. The third kappa shape index (κ3) is 2.92. The zero-order valence-corrected chi connectivity index (χ0v) is 13.3. The lowest BCUT2D eigenvalue weighted by Gasteiger charge is -2.05. The van der Waals surface area contributed by atoms with E-state index in [0.29, 0.717) is 22.8 Å². The number of carbonyl (C=O) groups excluding carboxylic acids is 1. The van der Waals surface area contributed by atoms with Gasteiger partial charge in [-0.25, -0.2) is 4.98 Å². The third-order valence-corrected chi connectivity index (χ3v) is 3.63. The second-order valence-corrected chi connectivity index (χ2v) is 5.56. The molecular weight excluding hydrogens is 346 g/mol. The molecule has 22 heavy (non-hydrogen) atoms. The molecule has 1 aromatic carbocycles. The number of aromatic nitrogens is 2. The van der Waals surface area contributed by atoms with Gasteiger partial charge in [0.1, 0.15) is 11.4 Å². The third-order valence-electron chi connectivity index (χ3n) is 3.10. The SMILES string of the molecule is Cc1noc(-c2ccc(Br)cc2)c1C(=O)Nc1ccccn1. The van der Waals surface area contributed by atoms with E-state index in [1.165, 1.54) is 0 Å². The molecule has 0 radical (unpaired) electrons. The van der Waals surface area contributed by atoms with Gasteiger partial charge in [-0.3, -0.25) is 4.79 Å². The van der Waals surface area contributed by atoms with Crippen LogP contribution in [0.2, 0.25) is 0 Å². The molecule has 3 aromatic rings. The van der Waals surface area contributed by atoms with Crippen LogP contribution >= 0.6 is 15.9 Å². The second-order valence-electron chi connectivity index (χ2n) is 4.65. The molecule has 3 rings (SSSR count). The van der Waals surface area contributed by atoms with Crippen LogP contribution in [0.15, 0.2) is 57.7 Å². The summed E-state index contributed by atoms with van der Waals surface area (Å²) in [5, 5.41) is 6.66. The Morgan fingerprint density at radius 3 is 2.64 bits per heavy atom. The lowest BCUT2D eigenvalue weighted by Crippen LogP contribution is -2.14. The number of carbonyl (C=O) groups is 1. The molecule has 0 bridgehead atoms. The summed E-state index contributed by atoms with van der Waals surface area (Å²) in [5.74, 6) is 0.628. The zero-order chi connectivity index (χ0) is 15.5. The maximum Gasteiger partial charge on any atom is 0.262 e. The van der Waals surface area contributed by atoms with E-state index in [2.05, 4.69) is 31.4 Å². The quantitative estimate of drug-likeness (QED) is 0.767. The Bertz CT molecular complexity index is 798. The minimum atomic E-state index is -0.296. The lowest BCUT2D eigenvalue weighted by molar-refractivity contribution is 0.102. The van der Waals surface area contributed by atoms with Crippen LogP contribution in [0.3, 0.4) is 0 Å². The van der Waals surface area contributed by atoms with Crippen molar-refractivity contribution < 1.29 is 9.32 Å². The van der Waals surface area contributed by atoms with Gasteiger partial charge < -0.3 is 9.84 Å². The molecule has 0 aliphatic heterocycles. The molecule has 0 spiro atoms. The number of benzene rings is 1. The number of pyridine rings is 1. The Hall–Kier alpha value is -2.47. The predicted octanol–water partition coefficient (Wildman–Crippen LogP) is 4.06. The van der Waals surface area contributed by atoms with Crippen LogP contribution in [0.4, 0.5) is 5.82 Å². The maximum absolute atomic E-state index is 12.5. The summed E-state index contributed by atoms with van der Waals surface area (Å²) in [5.41, 5.74) is 1.73. The van der Waals surface area contributed by atoms with Crippen LogP contribution in [0.25, 0.3) is 11.3 Å². The van der Waals surface area contributed by atoms with Gasteiger partial charge in [0, 0.05) is 16.2 Å². The van der Waals surface area contributed by atoms with Crippen molar-refractivity contribution in [2.45, 2.75) is 6.92 Å². The molecule has 2 aromatic heterocycles. The number of anilines is 1. The van der Waals surface area contributed by atoms with Crippen molar-refractivity contribution in [2.24, 2.45) is 0 Å². The van der Waals surface area contributed by atoms with Gasteiger partial charge in [0.05, 0.1) is 5.69 Å². The average Bonchev–Trinajstić information content (AvgIpc) is 2.91. The molecule has 0 fully saturated rings.